The lowest BCUT2D eigenvalue weighted by atomic mass is 10.2. The molecule has 2 rings (SSSR count). The molecule has 2 nitrogen and oxygen atoms in total. The number of ether oxygens (including phenoxy) is 1. The van der Waals surface area contributed by atoms with Gasteiger partial charge in [0.1, 0.15) is 18.2 Å². The van der Waals surface area contributed by atoms with Crippen LogP contribution in [0, 0.1) is 5.82 Å². The Balaban J connectivity index is 2.12. The third-order valence-electron chi connectivity index (χ3n) is 2.57. The average molecular weight is 346 g/mol. The van der Waals surface area contributed by atoms with Gasteiger partial charge in [0, 0.05) is 10.0 Å². The Morgan fingerprint density at radius 2 is 2.00 bits per heavy atom. The van der Waals surface area contributed by atoms with Gasteiger partial charge in [-0.25, -0.2) is 4.39 Å². The first-order valence-electron chi connectivity index (χ1n) is 5.56. The summed E-state index contributed by atoms with van der Waals surface area (Å²) in [6.45, 7) is 0.00370. The zero-order chi connectivity index (χ0) is 13.8. The van der Waals surface area contributed by atoms with Gasteiger partial charge in [-0.1, -0.05) is 33.6 Å². The van der Waals surface area contributed by atoms with Crippen molar-refractivity contribution in [2.75, 3.05) is 0 Å². The molecule has 0 fully saturated rings. The zero-order valence-corrected chi connectivity index (χ0v) is 12.2. The average Bonchev–Trinajstić information content (AvgIpc) is 2.40. The summed E-state index contributed by atoms with van der Waals surface area (Å²) in [5.74, 6) is 0.129. The summed E-state index contributed by atoms with van der Waals surface area (Å²) in [6.07, 6.45) is 0. The van der Waals surface area contributed by atoms with E-state index in [1.165, 1.54) is 6.07 Å². The van der Waals surface area contributed by atoms with Crippen molar-refractivity contribution in [1.29, 1.82) is 0 Å². The molecule has 2 aromatic carbocycles. The second-order valence-electron chi connectivity index (χ2n) is 3.95. The smallest absolute Gasteiger partial charge is 0.138 e. The van der Waals surface area contributed by atoms with Crippen LogP contribution in [0.15, 0.2) is 40.9 Å². The van der Waals surface area contributed by atoms with Crippen LogP contribution < -0.4 is 4.74 Å². The zero-order valence-electron chi connectivity index (χ0n) is 9.87. The fourth-order valence-electron chi connectivity index (χ4n) is 1.57. The molecule has 0 bridgehead atoms. The molecule has 0 radical (unpaired) electrons. The van der Waals surface area contributed by atoms with Gasteiger partial charge in [-0.2, -0.15) is 0 Å². The molecule has 0 aliphatic rings. The van der Waals surface area contributed by atoms with E-state index in [0.29, 0.717) is 21.9 Å². The van der Waals surface area contributed by atoms with Crippen LogP contribution in [0.3, 0.4) is 0 Å². The molecule has 0 saturated carbocycles. The maximum Gasteiger partial charge on any atom is 0.138 e. The minimum absolute atomic E-state index is 0.0831. The number of rotatable bonds is 4. The quantitative estimate of drug-likeness (QED) is 0.894. The SMILES string of the molecule is OCc1ccc(OCc2cc(Br)ccc2F)c(Cl)c1. The van der Waals surface area contributed by atoms with Crippen LogP contribution in [0.4, 0.5) is 4.39 Å². The number of aliphatic hydroxyl groups excluding tert-OH is 1. The van der Waals surface area contributed by atoms with Crippen LogP contribution in [-0.4, -0.2) is 5.11 Å². The molecule has 0 spiro atoms. The molecule has 2 aromatic rings. The van der Waals surface area contributed by atoms with Gasteiger partial charge in [0.15, 0.2) is 0 Å². The first-order chi connectivity index (χ1) is 9.10. The highest BCUT2D eigenvalue weighted by Crippen LogP contribution is 2.27. The summed E-state index contributed by atoms with van der Waals surface area (Å²) in [5, 5.41) is 9.36. The predicted octanol–water partition coefficient (Wildman–Crippen LogP) is 4.31. The maximum absolute atomic E-state index is 13.5. The van der Waals surface area contributed by atoms with Crippen molar-refractivity contribution in [3.63, 3.8) is 0 Å². The highest BCUT2D eigenvalue weighted by molar-refractivity contribution is 9.10. The molecule has 0 aromatic heterocycles. The highest BCUT2D eigenvalue weighted by Gasteiger charge is 2.07. The van der Waals surface area contributed by atoms with E-state index in [9.17, 15) is 4.39 Å². The summed E-state index contributed by atoms with van der Waals surface area (Å²) in [4.78, 5) is 0. The highest BCUT2D eigenvalue weighted by atomic mass is 79.9. The Kier molecular flexibility index (Phi) is 4.80. The van der Waals surface area contributed by atoms with E-state index in [-0.39, 0.29) is 19.0 Å². The lowest BCUT2D eigenvalue weighted by molar-refractivity contribution is 0.280. The van der Waals surface area contributed by atoms with Crippen molar-refractivity contribution in [1.82, 2.24) is 0 Å². The van der Waals surface area contributed by atoms with Crippen LogP contribution in [0.1, 0.15) is 11.1 Å². The fraction of sp³-hybridized carbons (Fsp3) is 0.143. The lowest BCUT2D eigenvalue weighted by Gasteiger charge is -2.10. The summed E-state index contributed by atoms with van der Waals surface area (Å²) in [6, 6.07) is 9.64. The molecule has 0 saturated heterocycles. The molecule has 5 heteroatoms. The predicted molar refractivity (Wildman–Crippen MR) is 75.8 cm³/mol. The van der Waals surface area contributed by atoms with Crippen molar-refractivity contribution in [3.05, 3.63) is 62.8 Å². The van der Waals surface area contributed by atoms with Gasteiger partial charge in [0.05, 0.1) is 11.6 Å². The third kappa shape index (κ3) is 3.69. The minimum Gasteiger partial charge on any atom is -0.487 e. The van der Waals surface area contributed by atoms with Crippen molar-refractivity contribution in [2.45, 2.75) is 13.2 Å². The normalized spacial score (nSPS) is 10.5. The van der Waals surface area contributed by atoms with Crippen LogP contribution in [0.25, 0.3) is 0 Å². The lowest BCUT2D eigenvalue weighted by Crippen LogP contribution is -1.99. The summed E-state index contributed by atoms with van der Waals surface area (Å²) in [7, 11) is 0. The van der Waals surface area contributed by atoms with Gasteiger partial charge in [-0.05, 0) is 35.9 Å². The third-order valence-corrected chi connectivity index (χ3v) is 3.36. The van der Waals surface area contributed by atoms with E-state index >= 15 is 0 Å². The first kappa shape index (κ1) is 14.3. The van der Waals surface area contributed by atoms with Gasteiger partial charge < -0.3 is 9.84 Å². The first-order valence-corrected chi connectivity index (χ1v) is 6.73. The van der Waals surface area contributed by atoms with Gasteiger partial charge in [0.2, 0.25) is 0 Å². The Bertz CT molecular complexity index is 590. The monoisotopic (exact) mass is 344 g/mol. The Morgan fingerprint density at radius 1 is 1.21 bits per heavy atom. The van der Waals surface area contributed by atoms with Gasteiger partial charge in [-0.15, -0.1) is 0 Å². The van der Waals surface area contributed by atoms with Crippen molar-refractivity contribution >= 4 is 27.5 Å². The number of hydrogen-bond donors (Lipinski definition) is 1. The van der Waals surface area contributed by atoms with E-state index in [0.717, 1.165) is 4.47 Å². The molecule has 100 valence electrons. The van der Waals surface area contributed by atoms with Gasteiger partial charge in [0.25, 0.3) is 0 Å². The molecule has 0 aliphatic heterocycles. The second-order valence-corrected chi connectivity index (χ2v) is 5.27. The summed E-state index contributed by atoms with van der Waals surface area (Å²) < 4.78 is 19.8. The van der Waals surface area contributed by atoms with Gasteiger partial charge >= 0.3 is 0 Å². The Labute approximate surface area is 123 Å². The fourth-order valence-corrected chi connectivity index (χ4v) is 2.24. The van der Waals surface area contributed by atoms with E-state index in [2.05, 4.69) is 15.9 Å². The molecular weight excluding hydrogens is 335 g/mol. The maximum atomic E-state index is 13.5. The van der Waals surface area contributed by atoms with E-state index in [4.69, 9.17) is 21.4 Å². The molecule has 0 amide bonds. The number of aliphatic hydroxyl groups is 1. The molecule has 0 aliphatic carbocycles. The number of benzene rings is 2. The van der Waals surface area contributed by atoms with E-state index in [1.807, 2.05) is 0 Å². The van der Waals surface area contributed by atoms with Crippen molar-refractivity contribution in [3.8, 4) is 5.75 Å². The van der Waals surface area contributed by atoms with Crippen LogP contribution in [0.2, 0.25) is 5.02 Å². The van der Waals surface area contributed by atoms with Crippen LogP contribution >= 0.6 is 27.5 Å². The Hall–Kier alpha value is -1.10. The molecule has 19 heavy (non-hydrogen) atoms. The molecule has 1 N–H and O–H groups in total. The summed E-state index contributed by atoms with van der Waals surface area (Å²) in [5.41, 5.74) is 1.14. The van der Waals surface area contributed by atoms with Crippen LogP contribution in [-0.2, 0) is 13.2 Å². The number of hydrogen-bond acceptors (Lipinski definition) is 2. The molecule has 0 heterocycles. The van der Waals surface area contributed by atoms with Crippen LogP contribution in [0.5, 0.6) is 5.75 Å². The van der Waals surface area contributed by atoms with E-state index in [1.54, 1.807) is 30.3 Å². The largest absolute Gasteiger partial charge is 0.487 e. The van der Waals surface area contributed by atoms with Crippen molar-refractivity contribution in [2.24, 2.45) is 0 Å². The van der Waals surface area contributed by atoms with Crippen molar-refractivity contribution < 1.29 is 14.2 Å². The Morgan fingerprint density at radius 3 is 2.68 bits per heavy atom. The number of halogens is 3. The minimum atomic E-state index is -0.327. The topological polar surface area (TPSA) is 29.5 Å². The van der Waals surface area contributed by atoms with E-state index < -0.39 is 0 Å². The molecular formula is C14H11BrClFO2. The molecule has 0 atom stereocenters. The standard InChI is InChI=1S/C14H11BrClFO2/c15-11-2-3-13(17)10(6-11)8-19-14-4-1-9(7-18)5-12(14)16/h1-6,18H,7-8H2. The summed E-state index contributed by atoms with van der Waals surface area (Å²) >= 11 is 9.29. The molecule has 0 unspecified atom stereocenters. The van der Waals surface area contributed by atoms with Gasteiger partial charge in [-0.3, -0.25) is 0 Å². The second kappa shape index (κ2) is 6.37.